The van der Waals surface area contributed by atoms with Crippen molar-refractivity contribution in [1.82, 2.24) is 15.3 Å². The Labute approximate surface area is 170 Å². The van der Waals surface area contributed by atoms with E-state index in [4.69, 9.17) is 10.7 Å². The molecule has 1 aromatic carbocycles. The molecule has 0 spiro atoms. The van der Waals surface area contributed by atoms with Crippen molar-refractivity contribution in [2.75, 3.05) is 0 Å². The largest absolute Gasteiger partial charge is 0.349 e. The summed E-state index contributed by atoms with van der Waals surface area (Å²) in [5.41, 5.74) is 10.5. The van der Waals surface area contributed by atoms with Gasteiger partial charge in [0.2, 0.25) is 0 Å². The number of aromatic nitrogens is 2. The first-order valence-corrected chi connectivity index (χ1v) is 10.5. The van der Waals surface area contributed by atoms with Crippen LogP contribution in [0.25, 0.3) is 22.2 Å². The number of benzene rings is 1. The summed E-state index contributed by atoms with van der Waals surface area (Å²) in [5, 5.41) is 4.27. The van der Waals surface area contributed by atoms with Crippen LogP contribution in [0.4, 0.5) is 0 Å². The molecular weight excluding hydrogens is 360 g/mol. The van der Waals surface area contributed by atoms with E-state index in [0.29, 0.717) is 17.4 Å². The van der Waals surface area contributed by atoms with Gasteiger partial charge >= 0.3 is 0 Å². The fraction of sp³-hybridized carbons (Fsp3) is 0.375. The van der Waals surface area contributed by atoms with E-state index in [2.05, 4.69) is 16.4 Å². The monoisotopic (exact) mass is 386 g/mol. The molecule has 29 heavy (non-hydrogen) atoms. The highest BCUT2D eigenvalue weighted by atomic mass is 16.1. The van der Waals surface area contributed by atoms with E-state index in [0.717, 1.165) is 40.6 Å². The highest BCUT2D eigenvalue weighted by Gasteiger charge is 2.42. The molecule has 5 nitrogen and oxygen atoms in total. The van der Waals surface area contributed by atoms with Gasteiger partial charge in [0.1, 0.15) is 0 Å². The van der Waals surface area contributed by atoms with Gasteiger partial charge in [-0.25, -0.2) is 4.98 Å². The van der Waals surface area contributed by atoms with E-state index in [-0.39, 0.29) is 18.0 Å². The Kier molecular flexibility index (Phi) is 4.55. The highest BCUT2D eigenvalue weighted by molar-refractivity contribution is 6.07. The Morgan fingerprint density at radius 1 is 1.14 bits per heavy atom. The summed E-state index contributed by atoms with van der Waals surface area (Å²) in [6.45, 7) is 2.04. The number of nitrogens with two attached hydrogens (primary N) is 1. The lowest BCUT2D eigenvalue weighted by atomic mass is 9.81. The third kappa shape index (κ3) is 3.40. The summed E-state index contributed by atoms with van der Waals surface area (Å²) in [7, 11) is 0. The van der Waals surface area contributed by atoms with Crippen LogP contribution in [0.5, 0.6) is 0 Å². The van der Waals surface area contributed by atoms with E-state index in [1.54, 1.807) is 12.4 Å². The normalized spacial score (nSPS) is 25.9. The molecule has 3 N–H and O–H groups in total. The molecule has 2 heterocycles. The number of rotatable bonds is 3. The van der Waals surface area contributed by atoms with E-state index in [9.17, 15) is 4.79 Å². The summed E-state index contributed by atoms with van der Waals surface area (Å²) < 4.78 is 0. The topological polar surface area (TPSA) is 80.9 Å². The first kappa shape index (κ1) is 18.3. The van der Waals surface area contributed by atoms with E-state index in [1.807, 2.05) is 37.3 Å². The van der Waals surface area contributed by atoms with Gasteiger partial charge in [-0.3, -0.25) is 9.78 Å². The fourth-order valence-corrected chi connectivity index (χ4v) is 5.23. The Morgan fingerprint density at radius 2 is 1.93 bits per heavy atom. The fourth-order valence-electron chi connectivity index (χ4n) is 5.23. The van der Waals surface area contributed by atoms with Crippen LogP contribution in [0.15, 0.2) is 48.8 Å². The number of hydrogen-bond acceptors (Lipinski definition) is 4. The Hall–Kier alpha value is -2.79. The molecule has 2 saturated carbocycles. The average molecular weight is 386 g/mol. The number of nitrogens with one attached hydrogen (secondary N) is 1. The number of amides is 1. The standard InChI is InChI=1S/C24H26N4O/c1-14-4-7-21-19(9-14)20(12-22(27-21)17-3-2-8-26-13-17)24(29)28-23-15-5-6-16(23)11-18(25)10-15/h2-4,7-9,12-13,15-16,18,23H,5-6,10-11,25H2,1H3,(H,28,29). The molecule has 2 aliphatic rings. The van der Waals surface area contributed by atoms with Crippen LogP contribution >= 0.6 is 0 Å². The quantitative estimate of drug-likeness (QED) is 0.716. The van der Waals surface area contributed by atoms with Crippen LogP contribution in [-0.4, -0.2) is 28.0 Å². The van der Waals surface area contributed by atoms with Gasteiger partial charge in [-0.2, -0.15) is 0 Å². The van der Waals surface area contributed by atoms with Crippen LogP contribution in [0, 0.1) is 18.8 Å². The second-order valence-corrected chi connectivity index (χ2v) is 8.65. The molecule has 2 unspecified atom stereocenters. The molecule has 0 aliphatic heterocycles. The zero-order valence-corrected chi connectivity index (χ0v) is 16.6. The van der Waals surface area contributed by atoms with Crippen molar-refractivity contribution in [3.05, 3.63) is 59.9 Å². The van der Waals surface area contributed by atoms with Crippen molar-refractivity contribution in [3.8, 4) is 11.3 Å². The zero-order valence-electron chi connectivity index (χ0n) is 16.6. The van der Waals surface area contributed by atoms with Crippen LogP contribution in [0.2, 0.25) is 0 Å². The minimum atomic E-state index is -0.00879. The third-order valence-corrected chi connectivity index (χ3v) is 6.60. The van der Waals surface area contributed by atoms with Gasteiger partial charge in [0.25, 0.3) is 5.91 Å². The molecule has 0 radical (unpaired) electrons. The van der Waals surface area contributed by atoms with Gasteiger partial charge < -0.3 is 11.1 Å². The SMILES string of the molecule is Cc1ccc2nc(-c3cccnc3)cc(C(=O)NC3C4CCC3CC(N)C4)c2c1. The number of carbonyl (C=O) groups is 1. The van der Waals surface area contributed by atoms with Crippen molar-refractivity contribution < 1.29 is 4.79 Å². The number of pyridine rings is 2. The van der Waals surface area contributed by atoms with Gasteiger partial charge in [-0.05, 0) is 74.8 Å². The van der Waals surface area contributed by atoms with Gasteiger partial charge in [-0.1, -0.05) is 11.6 Å². The molecule has 148 valence electrons. The smallest absolute Gasteiger partial charge is 0.252 e. The zero-order chi connectivity index (χ0) is 20.0. The minimum Gasteiger partial charge on any atom is -0.349 e. The number of carbonyl (C=O) groups excluding carboxylic acids is 1. The van der Waals surface area contributed by atoms with E-state index < -0.39 is 0 Å². The Balaban J connectivity index is 1.54. The second kappa shape index (κ2) is 7.23. The van der Waals surface area contributed by atoms with Crippen molar-refractivity contribution in [2.45, 2.75) is 44.7 Å². The van der Waals surface area contributed by atoms with Crippen LogP contribution in [0.1, 0.15) is 41.6 Å². The van der Waals surface area contributed by atoms with Crippen molar-refractivity contribution in [1.29, 1.82) is 0 Å². The molecule has 2 atom stereocenters. The molecule has 5 rings (SSSR count). The van der Waals surface area contributed by atoms with Gasteiger partial charge in [0.15, 0.2) is 0 Å². The maximum atomic E-state index is 13.4. The maximum Gasteiger partial charge on any atom is 0.252 e. The predicted molar refractivity (Wildman–Crippen MR) is 114 cm³/mol. The number of fused-ring (bicyclic) bond motifs is 3. The summed E-state index contributed by atoms with van der Waals surface area (Å²) in [6, 6.07) is 12.4. The lowest BCUT2D eigenvalue weighted by Gasteiger charge is -2.34. The van der Waals surface area contributed by atoms with Gasteiger partial charge in [0, 0.05) is 35.4 Å². The van der Waals surface area contributed by atoms with Crippen LogP contribution in [-0.2, 0) is 0 Å². The van der Waals surface area contributed by atoms with Crippen molar-refractivity contribution >= 4 is 16.8 Å². The lowest BCUT2D eigenvalue weighted by Crippen LogP contribution is -2.48. The lowest BCUT2D eigenvalue weighted by molar-refractivity contribution is 0.0897. The van der Waals surface area contributed by atoms with E-state index in [1.165, 1.54) is 12.8 Å². The number of aryl methyl sites for hydroxylation is 1. The molecule has 5 heteroatoms. The molecule has 2 fully saturated rings. The average Bonchev–Trinajstić information content (AvgIpc) is 2.96. The highest BCUT2D eigenvalue weighted by Crippen LogP contribution is 2.42. The molecular formula is C24H26N4O. The molecule has 2 bridgehead atoms. The third-order valence-electron chi connectivity index (χ3n) is 6.60. The Bertz CT molecular complexity index is 1050. The number of hydrogen-bond donors (Lipinski definition) is 2. The Morgan fingerprint density at radius 3 is 2.66 bits per heavy atom. The van der Waals surface area contributed by atoms with Gasteiger partial charge in [-0.15, -0.1) is 0 Å². The second-order valence-electron chi connectivity index (χ2n) is 8.65. The summed E-state index contributed by atoms with van der Waals surface area (Å²) in [5.74, 6) is 0.992. The predicted octanol–water partition coefficient (Wildman–Crippen LogP) is 3.85. The van der Waals surface area contributed by atoms with Crippen molar-refractivity contribution in [2.24, 2.45) is 17.6 Å². The summed E-state index contributed by atoms with van der Waals surface area (Å²) in [6.07, 6.45) is 7.88. The first-order valence-electron chi connectivity index (χ1n) is 10.5. The van der Waals surface area contributed by atoms with Crippen molar-refractivity contribution in [3.63, 3.8) is 0 Å². The van der Waals surface area contributed by atoms with E-state index >= 15 is 0 Å². The molecule has 1 amide bonds. The molecule has 2 aromatic heterocycles. The summed E-state index contributed by atoms with van der Waals surface area (Å²) >= 11 is 0. The van der Waals surface area contributed by atoms with Gasteiger partial charge in [0.05, 0.1) is 16.8 Å². The van der Waals surface area contributed by atoms with Crippen LogP contribution < -0.4 is 11.1 Å². The van der Waals surface area contributed by atoms with Crippen LogP contribution in [0.3, 0.4) is 0 Å². The number of nitrogens with zero attached hydrogens (tertiary/aromatic N) is 2. The summed E-state index contributed by atoms with van der Waals surface area (Å²) in [4.78, 5) is 22.4. The minimum absolute atomic E-state index is 0.00879. The first-order chi connectivity index (χ1) is 14.1. The molecule has 2 aliphatic carbocycles. The maximum absolute atomic E-state index is 13.4. The molecule has 3 aromatic rings. The molecule has 0 saturated heterocycles.